The van der Waals surface area contributed by atoms with Crippen LogP contribution in [0, 0.1) is 0 Å². The molecule has 0 heterocycles. The molecule has 0 aliphatic carbocycles. The molecule has 0 aliphatic rings. The van der Waals surface area contributed by atoms with E-state index in [1.54, 1.807) is 6.92 Å². The fourth-order valence-corrected chi connectivity index (χ4v) is 2.19. The molecule has 0 rings (SSSR count). The lowest BCUT2D eigenvalue weighted by atomic mass is 10.2. The molecule has 0 saturated carbocycles. The van der Waals surface area contributed by atoms with Crippen LogP contribution in [0.4, 0.5) is 0 Å². The van der Waals surface area contributed by atoms with Crippen LogP contribution >= 0.6 is 0 Å². The minimum absolute atomic E-state index is 0.332. The van der Waals surface area contributed by atoms with Crippen molar-refractivity contribution in [1.82, 2.24) is 9.80 Å². The standard InChI is InChI=1S/C12H31N5O/c1-11(17(7-4-14)8-5-15)9-16(6-3-13)10-12(2)18/h11-12,18H,3-10,13-15H2,1-2H3. The highest BCUT2D eigenvalue weighted by atomic mass is 16.3. The zero-order valence-corrected chi connectivity index (χ0v) is 11.9. The van der Waals surface area contributed by atoms with E-state index in [4.69, 9.17) is 17.2 Å². The molecule has 0 spiro atoms. The van der Waals surface area contributed by atoms with Gasteiger partial charge < -0.3 is 22.3 Å². The third-order valence-corrected chi connectivity index (χ3v) is 2.95. The smallest absolute Gasteiger partial charge is 0.0639 e. The molecule has 0 aromatic rings. The Morgan fingerprint density at radius 1 is 0.889 bits per heavy atom. The fourth-order valence-electron chi connectivity index (χ4n) is 2.19. The summed E-state index contributed by atoms with van der Waals surface area (Å²) in [6.45, 7) is 9.87. The van der Waals surface area contributed by atoms with Crippen LogP contribution in [0.2, 0.25) is 0 Å². The van der Waals surface area contributed by atoms with Crippen molar-refractivity contribution in [2.24, 2.45) is 17.2 Å². The SMILES string of the molecule is CC(O)CN(CCN)CC(C)N(CCN)CCN. The third-order valence-electron chi connectivity index (χ3n) is 2.95. The Balaban J connectivity index is 4.29. The van der Waals surface area contributed by atoms with Crippen LogP contribution in [-0.2, 0) is 0 Å². The Hall–Kier alpha value is -0.240. The van der Waals surface area contributed by atoms with E-state index in [0.717, 1.165) is 26.2 Å². The number of aliphatic hydroxyl groups is 1. The number of hydrogen-bond donors (Lipinski definition) is 4. The Morgan fingerprint density at radius 2 is 1.39 bits per heavy atom. The molecule has 7 N–H and O–H groups in total. The van der Waals surface area contributed by atoms with E-state index in [1.807, 2.05) is 0 Å². The lowest BCUT2D eigenvalue weighted by molar-refractivity contribution is 0.0999. The molecule has 0 aromatic carbocycles. The first-order valence-electron chi connectivity index (χ1n) is 6.79. The van der Waals surface area contributed by atoms with Gasteiger partial charge in [0.25, 0.3) is 0 Å². The first-order chi connectivity index (χ1) is 8.54. The monoisotopic (exact) mass is 261 g/mol. The van der Waals surface area contributed by atoms with Crippen molar-refractivity contribution >= 4 is 0 Å². The molecule has 0 aromatic heterocycles. The van der Waals surface area contributed by atoms with Crippen LogP contribution < -0.4 is 17.2 Å². The summed E-state index contributed by atoms with van der Waals surface area (Å²) in [5.41, 5.74) is 16.8. The highest BCUT2D eigenvalue weighted by molar-refractivity contribution is 4.74. The zero-order chi connectivity index (χ0) is 14.0. The van der Waals surface area contributed by atoms with E-state index >= 15 is 0 Å². The largest absolute Gasteiger partial charge is 0.392 e. The lowest BCUT2D eigenvalue weighted by Crippen LogP contribution is -2.48. The molecule has 2 unspecified atom stereocenters. The van der Waals surface area contributed by atoms with Gasteiger partial charge in [-0.1, -0.05) is 0 Å². The summed E-state index contributed by atoms with van der Waals surface area (Å²) in [6, 6.07) is 0.363. The number of aliphatic hydroxyl groups excluding tert-OH is 1. The average Bonchev–Trinajstić information content (AvgIpc) is 2.28. The van der Waals surface area contributed by atoms with Crippen molar-refractivity contribution in [3.05, 3.63) is 0 Å². The second kappa shape index (κ2) is 10.7. The maximum Gasteiger partial charge on any atom is 0.0639 e. The Kier molecular flexibility index (Phi) is 10.5. The van der Waals surface area contributed by atoms with Gasteiger partial charge in [-0.05, 0) is 13.8 Å². The first-order valence-corrected chi connectivity index (χ1v) is 6.79. The molecule has 110 valence electrons. The van der Waals surface area contributed by atoms with Crippen molar-refractivity contribution in [1.29, 1.82) is 0 Å². The molecule has 0 saturated heterocycles. The maximum atomic E-state index is 9.47. The van der Waals surface area contributed by atoms with E-state index in [1.165, 1.54) is 0 Å². The molecule has 0 amide bonds. The van der Waals surface area contributed by atoms with Gasteiger partial charge in [-0.3, -0.25) is 9.80 Å². The third kappa shape index (κ3) is 7.97. The number of nitrogens with two attached hydrogens (primary N) is 3. The van der Waals surface area contributed by atoms with Gasteiger partial charge in [0, 0.05) is 58.4 Å². The average molecular weight is 261 g/mol. The Labute approximate surface area is 111 Å². The van der Waals surface area contributed by atoms with E-state index in [2.05, 4.69) is 16.7 Å². The number of hydrogen-bond acceptors (Lipinski definition) is 6. The predicted octanol–water partition coefficient (Wildman–Crippen LogP) is -1.76. The molecule has 18 heavy (non-hydrogen) atoms. The zero-order valence-electron chi connectivity index (χ0n) is 11.9. The molecular weight excluding hydrogens is 230 g/mol. The summed E-state index contributed by atoms with van der Waals surface area (Å²) in [5, 5.41) is 9.47. The molecular formula is C12H31N5O. The minimum atomic E-state index is -0.332. The predicted molar refractivity (Wildman–Crippen MR) is 76.3 cm³/mol. The first kappa shape index (κ1) is 17.8. The van der Waals surface area contributed by atoms with E-state index in [9.17, 15) is 5.11 Å². The molecule has 6 nitrogen and oxygen atoms in total. The van der Waals surface area contributed by atoms with Crippen LogP contribution in [-0.4, -0.2) is 79.4 Å². The van der Waals surface area contributed by atoms with E-state index in [-0.39, 0.29) is 6.10 Å². The second-order valence-electron chi connectivity index (χ2n) is 4.86. The van der Waals surface area contributed by atoms with Gasteiger partial charge in [-0.15, -0.1) is 0 Å². The lowest BCUT2D eigenvalue weighted by Gasteiger charge is -2.33. The highest BCUT2D eigenvalue weighted by Crippen LogP contribution is 2.02. The van der Waals surface area contributed by atoms with Gasteiger partial charge in [0.1, 0.15) is 0 Å². The quantitative estimate of drug-likeness (QED) is 0.351. The van der Waals surface area contributed by atoms with Crippen molar-refractivity contribution in [3.8, 4) is 0 Å². The Bertz CT molecular complexity index is 185. The van der Waals surface area contributed by atoms with Crippen LogP contribution in [0.5, 0.6) is 0 Å². The molecule has 0 bridgehead atoms. The van der Waals surface area contributed by atoms with Gasteiger partial charge >= 0.3 is 0 Å². The van der Waals surface area contributed by atoms with Crippen molar-refractivity contribution in [2.75, 3.05) is 52.4 Å². The summed E-state index contributed by atoms with van der Waals surface area (Å²) < 4.78 is 0. The second-order valence-corrected chi connectivity index (χ2v) is 4.86. The topological polar surface area (TPSA) is 105 Å². The summed E-state index contributed by atoms with van der Waals surface area (Å²) >= 11 is 0. The fraction of sp³-hybridized carbons (Fsp3) is 1.00. The summed E-state index contributed by atoms with van der Waals surface area (Å²) in [7, 11) is 0. The van der Waals surface area contributed by atoms with Gasteiger partial charge in [0.15, 0.2) is 0 Å². The van der Waals surface area contributed by atoms with Crippen molar-refractivity contribution < 1.29 is 5.11 Å². The van der Waals surface area contributed by atoms with Crippen LogP contribution in [0.15, 0.2) is 0 Å². The minimum Gasteiger partial charge on any atom is -0.392 e. The van der Waals surface area contributed by atoms with Gasteiger partial charge in [-0.25, -0.2) is 0 Å². The van der Waals surface area contributed by atoms with Crippen LogP contribution in [0.1, 0.15) is 13.8 Å². The normalized spacial score (nSPS) is 15.3. The number of rotatable bonds is 11. The maximum absolute atomic E-state index is 9.47. The van der Waals surface area contributed by atoms with Gasteiger partial charge in [0.2, 0.25) is 0 Å². The summed E-state index contributed by atoms with van der Waals surface area (Å²) in [6.07, 6.45) is -0.332. The summed E-state index contributed by atoms with van der Waals surface area (Å²) in [5.74, 6) is 0. The van der Waals surface area contributed by atoms with E-state index < -0.39 is 0 Å². The highest BCUT2D eigenvalue weighted by Gasteiger charge is 2.17. The number of nitrogens with zero attached hydrogens (tertiary/aromatic N) is 2. The molecule has 0 aliphatic heterocycles. The molecule has 0 fully saturated rings. The van der Waals surface area contributed by atoms with Crippen molar-refractivity contribution in [3.63, 3.8) is 0 Å². The van der Waals surface area contributed by atoms with Crippen LogP contribution in [0.3, 0.4) is 0 Å². The molecule has 2 atom stereocenters. The van der Waals surface area contributed by atoms with Gasteiger partial charge in [-0.2, -0.15) is 0 Å². The van der Waals surface area contributed by atoms with Crippen LogP contribution in [0.25, 0.3) is 0 Å². The van der Waals surface area contributed by atoms with Gasteiger partial charge in [0.05, 0.1) is 6.10 Å². The summed E-state index contributed by atoms with van der Waals surface area (Å²) in [4.78, 5) is 4.47. The molecule has 6 heteroatoms. The van der Waals surface area contributed by atoms with Crippen molar-refractivity contribution in [2.45, 2.75) is 26.0 Å². The Morgan fingerprint density at radius 3 is 1.78 bits per heavy atom. The molecule has 0 radical (unpaired) electrons. The van der Waals surface area contributed by atoms with E-state index in [0.29, 0.717) is 32.2 Å².